The Labute approximate surface area is 237 Å². The molecule has 0 N–H and O–H groups in total. The first-order valence-corrected chi connectivity index (χ1v) is 15.5. The molecule has 0 heterocycles. The number of hydrogen-bond donors (Lipinski definition) is 0. The van der Waals surface area contributed by atoms with Crippen LogP contribution in [0.25, 0.3) is 0 Å². The van der Waals surface area contributed by atoms with Crippen molar-refractivity contribution in [3.8, 4) is 0 Å². The summed E-state index contributed by atoms with van der Waals surface area (Å²) >= 11 is 0. The Morgan fingerprint density at radius 2 is 0.923 bits per heavy atom. The Morgan fingerprint density at radius 3 is 1.31 bits per heavy atom. The van der Waals surface area contributed by atoms with Crippen LogP contribution in [0.15, 0.2) is 18.2 Å². The first-order chi connectivity index (χ1) is 18.8. The molecule has 3 unspecified atom stereocenters. The van der Waals surface area contributed by atoms with Gasteiger partial charge in [-0.05, 0) is 55.2 Å². The summed E-state index contributed by atoms with van der Waals surface area (Å²) in [6.07, 6.45) is 12.0. The van der Waals surface area contributed by atoms with Gasteiger partial charge in [-0.15, -0.1) is 0 Å². The average molecular weight is 547 g/mol. The SMILES string of the molecule is CCCC(CC)CCOC(=O)c1ccc(C(=O)OCCC(CC)CCC)c(C(=O)OCCC(CC)CCC)c1. The summed E-state index contributed by atoms with van der Waals surface area (Å²) < 4.78 is 16.6. The highest BCUT2D eigenvalue weighted by Gasteiger charge is 2.23. The minimum atomic E-state index is -0.616. The van der Waals surface area contributed by atoms with Crippen molar-refractivity contribution >= 4 is 17.9 Å². The molecule has 0 fully saturated rings. The molecule has 6 nitrogen and oxygen atoms in total. The van der Waals surface area contributed by atoms with Crippen LogP contribution in [0.3, 0.4) is 0 Å². The summed E-state index contributed by atoms with van der Waals surface area (Å²) in [5, 5.41) is 0. The van der Waals surface area contributed by atoms with Crippen molar-refractivity contribution in [3.63, 3.8) is 0 Å². The van der Waals surface area contributed by atoms with E-state index in [-0.39, 0.29) is 23.3 Å². The maximum Gasteiger partial charge on any atom is 0.339 e. The van der Waals surface area contributed by atoms with E-state index >= 15 is 0 Å². The first-order valence-electron chi connectivity index (χ1n) is 15.5. The van der Waals surface area contributed by atoms with E-state index in [9.17, 15) is 14.4 Å². The molecule has 0 spiro atoms. The minimum absolute atomic E-state index is 0.0519. The van der Waals surface area contributed by atoms with E-state index in [1.54, 1.807) is 0 Å². The lowest BCUT2D eigenvalue weighted by Crippen LogP contribution is -2.18. The average Bonchev–Trinajstić information content (AvgIpc) is 2.95. The van der Waals surface area contributed by atoms with Crippen LogP contribution < -0.4 is 0 Å². The molecule has 0 radical (unpaired) electrons. The Balaban J connectivity index is 3.00. The van der Waals surface area contributed by atoms with Gasteiger partial charge in [0.1, 0.15) is 0 Å². The molecule has 0 saturated carbocycles. The van der Waals surface area contributed by atoms with E-state index < -0.39 is 17.9 Å². The Bertz CT molecular complexity index is 849. The maximum atomic E-state index is 13.1. The molecule has 0 aliphatic rings. The predicted octanol–water partition coefficient (Wildman–Crippen LogP) is 8.81. The Kier molecular flexibility index (Phi) is 18.2. The maximum absolute atomic E-state index is 13.1. The van der Waals surface area contributed by atoms with Crippen LogP contribution in [0.1, 0.15) is 150 Å². The molecule has 0 aliphatic carbocycles. The molecule has 6 heteroatoms. The number of carbonyl (C=O) groups excluding carboxylic acids is 3. The minimum Gasteiger partial charge on any atom is -0.462 e. The number of carbonyl (C=O) groups is 3. The quantitative estimate of drug-likeness (QED) is 0.113. The second-order valence-corrected chi connectivity index (χ2v) is 10.7. The van der Waals surface area contributed by atoms with Crippen molar-refractivity contribution in [2.45, 2.75) is 119 Å². The van der Waals surface area contributed by atoms with Crippen molar-refractivity contribution in [2.75, 3.05) is 19.8 Å². The summed E-state index contributed by atoms with van der Waals surface area (Å²) in [6.45, 7) is 13.8. The summed E-state index contributed by atoms with van der Waals surface area (Å²) in [7, 11) is 0. The number of ether oxygens (including phenoxy) is 3. The molecular weight excluding hydrogens is 492 g/mol. The number of rotatable bonds is 21. The Hall–Kier alpha value is -2.37. The van der Waals surface area contributed by atoms with Crippen LogP contribution in [0.5, 0.6) is 0 Å². The molecule has 39 heavy (non-hydrogen) atoms. The van der Waals surface area contributed by atoms with Gasteiger partial charge in [0.05, 0.1) is 36.5 Å². The van der Waals surface area contributed by atoms with E-state index in [2.05, 4.69) is 41.5 Å². The largest absolute Gasteiger partial charge is 0.462 e. The molecule has 0 amide bonds. The number of esters is 3. The first kappa shape index (κ1) is 34.7. The molecule has 1 aromatic rings. The van der Waals surface area contributed by atoms with Crippen LogP contribution in [0.2, 0.25) is 0 Å². The number of hydrogen-bond acceptors (Lipinski definition) is 6. The van der Waals surface area contributed by atoms with Crippen LogP contribution in [0.4, 0.5) is 0 Å². The fourth-order valence-corrected chi connectivity index (χ4v) is 5.09. The molecule has 0 aromatic heterocycles. The van der Waals surface area contributed by atoms with Gasteiger partial charge in [0.15, 0.2) is 0 Å². The normalized spacial score (nSPS) is 13.4. The zero-order chi connectivity index (χ0) is 29.0. The second-order valence-electron chi connectivity index (χ2n) is 10.7. The zero-order valence-corrected chi connectivity index (χ0v) is 25.5. The van der Waals surface area contributed by atoms with E-state index in [4.69, 9.17) is 14.2 Å². The highest BCUT2D eigenvalue weighted by molar-refractivity contribution is 6.05. The third-order valence-electron chi connectivity index (χ3n) is 7.80. The van der Waals surface area contributed by atoms with Crippen molar-refractivity contribution in [2.24, 2.45) is 17.8 Å². The summed E-state index contributed by atoms with van der Waals surface area (Å²) in [5.74, 6) is -0.179. The van der Waals surface area contributed by atoms with Crippen LogP contribution >= 0.6 is 0 Å². The van der Waals surface area contributed by atoms with Gasteiger partial charge in [-0.3, -0.25) is 0 Å². The molecule has 0 saturated heterocycles. The van der Waals surface area contributed by atoms with Crippen molar-refractivity contribution in [3.05, 3.63) is 34.9 Å². The molecule has 222 valence electrons. The van der Waals surface area contributed by atoms with Gasteiger partial charge in [-0.2, -0.15) is 0 Å². The third-order valence-corrected chi connectivity index (χ3v) is 7.80. The van der Waals surface area contributed by atoms with Crippen molar-refractivity contribution in [1.82, 2.24) is 0 Å². The standard InChI is InChI=1S/C33H54O6/c1-7-13-25(10-4)18-21-37-31(34)28-16-17-29(32(35)38-22-19-26(11-5)14-8-2)30(24-28)33(36)39-23-20-27(12-6)15-9-3/h16-17,24-27H,7-15,18-23H2,1-6H3. The van der Waals surface area contributed by atoms with E-state index in [1.807, 2.05) is 0 Å². The van der Waals surface area contributed by atoms with Crippen molar-refractivity contribution < 1.29 is 28.6 Å². The van der Waals surface area contributed by atoms with Gasteiger partial charge >= 0.3 is 17.9 Å². The molecule has 1 rings (SSSR count). The summed E-state index contributed by atoms with van der Waals surface area (Å²) in [5.41, 5.74) is 0.402. The highest BCUT2D eigenvalue weighted by atomic mass is 16.5. The highest BCUT2D eigenvalue weighted by Crippen LogP contribution is 2.21. The van der Waals surface area contributed by atoms with E-state index in [1.165, 1.54) is 18.2 Å². The van der Waals surface area contributed by atoms with Gasteiger partial charge in [0.25, 0.3) is 0 Å². The fourth-order valence-electron chi connectivity index (χ4n) is 5.09. The fraction of sp³-hybridized carbons (Fsp3) is 0.727. The molecule has 0 aliphatic heterocycles. The van der Waals surface area contributed by atoms with Gasteiger partial charge in [-0.25, -0.2) is 14.4 Å². The van der Waals surface area contributed by atoms with Gasteiger partial charge in [0, 0.05) is 0 Å². The van der Waals surface area contributed by atoms with Crippen molar-refractivity contribution in [1.29, 1.82) is 0 Å². The molecule has 0 bridgehead atoms. The van der Waals surface area contributed by atoms with Crippen LogP contribution in [0, 0.1) is 17.8 Å². The lowest BCUT2D eigenvalue weighted by atomic mass is 9.97. The summed E-state index contributed by atoms with van der Waals surface area (Å²) in [4.78, 5) is 38.9. The van der Waals surface area contributed by atoms with Crippen LogP contribution in [-0.2, 0) is 14.2 Å². The van der Waals surface area contributed by atoms with Gasteiger partial charge < -0.3 is 14.2 Å². The molecular formula is C33H54O6. The predicted molar refractivity (Wildman–Crippen MR) is 157 cm³/mol. The topological polar surface area (TPSA) is 78.9 Å². The number of benzene rings is 1. The monoisotopic (exact) mass is 546 g/mol. The zero-order valence-electron chi connectivity index (χ0n) is 25.5. The third kappa shape index (κ3) is 13.0. The Morgan fingerprint density at radius 1 is 0.538 bits per heavy atom. The molecule has 1 aromatic carbocycles. The second kappa shape index (κ2) is 20.5. The van der Waals surface area contributed by atoms with Gasteiger partial charge in [0.2, 0.25) is 0 Å². The lowest BCUT2D eigenvalue weighted by molar-refractivity contribution is 0.0430. The summed E-state index contributed by atoms with van der Waals surface area (Å²) in [6, 6.07) is 4.43. The lowest BCUT2D eigenvalue weighted by Gasteiger charge is -2.16. The van der Waals surface area contributed by atoms with Crippen LogP contribution in [-0.4, -0.2) is 37.7 Å². The van der Waals surface area contributed by atoms with E-state index in [0.717, 1.165) is 77.0 Å². The smallest absolute Gasteiger partial charge is 0.339 e. The van der Waals surface area contributed by atoms with E-state index in [0.29, 0.717) is 31.0 Å². The molecule has 3 atom stereocenters. The van der Waals surface area contributed by atoms with Gasteiger partial charge in [-0.1, -0.05) is 99.3 Å².